The summed E-state index contributed by atoms with van der Waals surface area (Å²) in [6, 6.07) is 1.02. The summed E-state index contributed by atoms with van der Waals surface area (Å²) in [6.45, 7) is 8.48. The fourth-order valence-electron chi connectivity index (χ4n) is 2.68. The zero-order valence-electron chi connectivity index (χ0n) is 12.3. The SMILES string of the molecule is CCC1CN(c2ncnc(OC)c2C)C(CC)CN1. The molecule has 106 valence electrons. The molecule has 2 heterocycles. The zero-order valence-corrected chi connectivity index (χ0v) is 12.3. The van der Waals surface area contributed by atoms with Gasteiger partial charge in [0.05, 0.1) is 12.7 Å². The third-order valence-electron chi connectivity index (χ3n) is 3.94. The number of methoxy groups -OCH3 is 1. The molecule has 5 nitrogen and oxygen atoms in total. The van der Waals surface area contributed by atoms with Crippen LogP contribution in [0.15, 0.2) is 6.33 Å². The lowest BCUT2D eigenvalue weighted by atomic mass is 10.0. The first-order valence-corrected chi connectivity index (χ1v) is 7.06. The number of nitrogens with one attached hydrogen (secondary N) is 1. The van der Waals surface area contributed by atoms with E-state index in [0.717, 1.165) is 37.3 Å². The number of nitrogens with zero attached hydrogens (tertiary/aromatic N) is 3. The fourth-order valence-corrected chi connectivity index (χ4v) is 2.68. The number of hydrogen-bond acceptors (Lipinski definition) is 5. The number of aromatic nitrogens is 2. The Kier molecular flexibility index (Phi) is 4.58. The normalized spacial score (nSPS) is 23.5. The van der Waals surface area contributed by atoms with Gasteiger partial charge in [-0.1, -0.05) is 13.8 Å². The van der Waals surface area contributed by atoms with Crippen molar-refractivity contribution < 1.29 is 4.74 Å². The van der Waals surface area contributed by atoms with Crippen LogP contribution in [0.3, 0.4) is 0 Å². The van der Waals surface area contributed by atoms with Crippen molar-refractivity contribution in [2.24, 2.45) is 0 Å². The van der Waals surface area contributed by atoms with E-state index in [1.54, 1.807) is 13.4 Å². The number of rotatable bonds is 4. The Labute approximate surface area is 115 Å². The monoisotopic (exact) mass is 264 g/mol. The van der Waals surface area contributed by atoms with Gasteiger partial charge in [-0.25, -0.2) is 9.97 Å². The molecule has 0 saturated carbocycles. The molecular formula is C14H24N4O. The average molecular weight is 264 g/mol. The Balaban J connectivity index is 2.31. The molecule has 19 heavy (non-hydrogen) atoms. The Morgan fingerprint density at radius 2 is 2.16 bits per heavy atom. The van der Waals surface area contributed by atoms with Gasteiger partial charge in [0.2, 0.25) is 5.88 Å². The number of piperazine rings is 1. The van der Waals surface area contributed by atoms with Crippen molar-refractivity contribution in [1.29, 1.82) is 0 Å². The Bertz CT molecular complexity index is 424. The minimum absolute atomic E-state index is 0.487. The van der Waals surface area contributed by atoms with Crippen LogP contribution >= 0.6 is 0 Å². The molecular weight excluding hydrogens is 240 g/mol. The van der Waals surface area contributed by atoms with Gasteiger partial charge in [0.15, 0.2) is 0 Å². The van der Waals surface area contributed by atoms with Crippen molar-refractivity contribution in [3.8, 4) is 5.88 Å². The molecule has 0 aromatic carbocycles. The van der Waals surface area contributed by atoms with Gasteiger partial charge >= 0.3 is 0 Å². The molecule has 0 amide bonds. The van der Waals surface area contributed by atoms with Crippen LogP contribution in [-0.2, 0) is 0 Å². The van der Waals surface area contributed by atoms with Crippen LogP contribution in [0, 0.1) is 6.92 Å². The second-order valence-corrected chi connectivity index (χ2v) is 5.06. The summed E-state index contributed by atoms with van der Waals surface area (Å²) in [5, 5.41) is 3.60. The zero-order chi connectivity index (χ0) is 13.8. The van der Waals surface area contributed by atoms with E-state index in [4.69, 9.17) is 4.74 Å². The lowest BCUT2D eigenvalue weighted by molar-refractivity contribution is 0.371. The van der Waals surface area contributed by atoms with E-state index in [0.29, 0.717) is 18.0 Å². The molecule has 0 radical (unpaired) electrons. The maximum absolute atomic E-state index is 5.31. The van der Waals surface area contributed by atoms with Gasteiger partial charge in [0.25, 0.3) is 0 Å². The summed E-state index contributed by atoms with van der Waals surface area (Å²) in [7, 11) is 1.66. The van der Waals surface area contributed by atoms with Crippen LogP contribution in [0.1, 0.15) is 32.3 Å². The quantitative estimate of drug-likeness (QED) is 0.898. The summed E-state index contributed by atoms with van der Waals surface area (Å²) in [6.07, 6.45) is 3.83. The van der Waals surface area contributed by atoms with Crippen LogP contribution in [0.25, 0.3) is 0 Å². The highest BCUT2D eigenvalue weighted by Gasteiger charge is 2.28. The first kappa shape index (κ1) is 14.1. The maximum atomic E-state index is 5.31. The molecule has 1 aromatic heterocycles. The molecule has 2 atom stereocenters. The molecule has 1 aromatic rings. The molecule has 2 unspecified atom stereocenters. The summed E-state index contributed by atoms with van der Waals surface area (Å²) in [5.41, 5.74) is 1.03. The Morgan fingerprint density at radius 3 is 2.79 bits per heavy atom. The molecule has 0 spiro atoms. The molecule has 1 saturated heterocycles. The van der Waals surface area contributed by atoms with Crippen LogP contribution in [0.5, 0.6) is 5.88 Å². The molecule has 1 fully saturated rings. The summed E-state index contributed by atoms with van der Waals surface area (Å²) in [5.74, 6) is 1.69. The molecule has 1 aliphatic heterocycles. The van der Waals surface area contributed by atoms with Gasteiger partial charge in [0.1, 0.15) is 12.1 Å². The highest BCUT2D eigenvalue weighted by molar-refractivity contribution is 5.51. The van der Waals surface area contributed by atoms with Gasteiger partial charge < -0.3 is 15.0 Å². The lowest BCUT2D eigenvalue weighted by Gasteiger charge is -2.41. The molecule has 2 rings (SSSR count). The van der Waals surface area contributed by atoms with Crippen molar-refractivity contribution in [2.45, 2.75) is 45.7 Å². The largest absolute Gasteiger partial charge is 0.481 e. The predicted octanol–water partition coefficient (Wildman–Crippen LogP) is 1.76. The highest BCUT2D eigenvalue weighted by atomic mass is 16.5. The molecule has 5 heteroatoms. The van der Waals surface area contributed by atoms with Gasteiger partial charge in [-0.15, -0.1) is 0 Å². The summed E-state index contributed by atoms with van der Waals surface area (Å²) in [4.78, 5) is 11.1. The fraction of sp³-hybridized carbons (Fsp3) is 0.714. The van der Waals surface area contributed by atoms with Crippen molar-refractivity contribution in [1.82, 2.24) is 15.3 Å². The van der Waals surface area contributed by atoms with Crippen molar-refractivity contribution in [3.63, 3.8) is 0 Å². The van der Waals surface area contributed by atoms with E-state index in [1.807, 2.05) is 6.92 Å². The van der Waals surface area contributed by atoms with Gasteiger partial charge in [-0.05, 0) is 19.8 Å². The van der Waals surface area contributed by atoms with E-state index in [1.165, 1.54) is 0 Å². The van der Waals surface area contributed by atoms with Crippen LogP contribution in [0.4, 0.5) is 5.82 Å². The Morgan fingerprint density at radius 1 is 1.37 bits per heavy atom. The second kappa shape index (κ2) is 6.19. The van der Waals surface area contributed by atoms with Crippen molar-refractivity contribution in [2.75, 3.05) is 25.1 Å². The first-order valence-electron chi connectivity index (χ1n) is 7.06. The second-order valence-electron chi connectivity index (χ2n) is 5.06. The third kappa shape index (κ3) is 2.81. The van der Waals surface area contributed by atoms with Gasteiger partial charge in [0, 0.05) is 25.2 Å². The molecule has 0 bridgehead atoms. The highest BCUT2D eigenvalue weighted by Crippen LogP contribution is 2.27. The molecule has 0 aliphatic carbocycles. The molecule has 1 N–H and O–H groups in total. The van der Waals surface area contributed by atoms with E-state index >= 15 is 0 Å². The Hall–Kier alpha value is -1.36. The summed E-state index contributed by atoms with van der Waals surface area (Å²) < 4.78 is 5.31. The van der Waals surface area contributed by atoms with E-state index in [9.17, 15) is 0 Å². The smallest absolute Gasteiger partial charge is 0.221 e. The number of hydrogen-bond donors (Lipinski definition) is 1. The first-order chi connectivity index (χ1) is 9.21. The van der Waals surface area contributed by atoms with Crippen LogP contribution in [-0.4, -0.2) is 42.3 Å². The van der Waals surface area contributed by atoms with Gasteiger partial charge in [-0.3, -0.25) is 0 Å². The van der Waals surface area contributed by atoms with E-state index in [2.05, 4.69) is 34.0 Å². The topological polar surface area (TPSA) is 50.3 Å². The third-order valence-corrected chi connectivity index (χ3v) is 3.94. The molecule has 1 aliphatic rings. The number of ether oxygens (including phenoxy) is 1. The minimum Gasteiger partial charge on any atom is -0.481 e. The van der Waals surface area contributed by atoms with Crippen LogP contribution < -0.4 is 15.0 Å². The maximum Gasteiger partial charge on any atom is 0.221 e. The minimum atomic E-state index is 0.487. The predicted molar refractivity (Wildman–Crippen MR) is 76.8 cm³/mol. The van der Waals surface area contributed by atoms with Crippen molar-refractivity contribution in [3.05, 3.63) is 11.9 Å². The van der Waals surface area contributed by atoms with Gasteiger partial charge in [-0.2, -0.15) is 0 Å². The van der Waals surface area contributed by atoms with E-state index < -0.39 is 0 Å². The summed E-state index contributed by atoms with van der Waals surface area (Å²) >= 11 is 0. The number of anilines is 1. The average Bonchev–Trinajstić information content (AvgIpc) is 2.47. The van der Waals surface area contributed by atoms with Crippen LogP contribution in [0.2, 0.25) is 0 Å². The van der Waals surface area contributed by atoms with E-state index in [-0.39, 0.29) is 0 Å². The van der Waals surface area contributed by atoms with Crippen molar-refractivity contribution >= 4 is 5.82 Å². The standard InChI is InChI=1S/C14H24N4O/c1-5-11-8-18(12(6-2)7-15-11)13-10(3)14(19-4)17-9-16-13/h9,11-12,15H,5-8H2,1-4H3. The lowest BCUT2D eigenvalue weighted by Crippen LogP contribution is -2.56.